The second kappa shape index (κ2) is 11.5. The van der Waals surface area contributed by atoms with E-state index < -0.39 is 4.92 Å². The number of ether oxygens (including phenoxy) is 1. The van der Waals surface area contributed by atoms with Crippen LogP contribution in [-0.2, 0) is 4.79 Å². The maximum atomic E-state index is 12.2. The van der Waals surface area contributed by atoms with E-state index in [1.807, 2.05) is 0 Å². The zero-order valence-corrected chi connectivity index (χ0v) is 15.5. The Bertz CT molecular complexity index is 565. The first kappa shape index (κ1) is 20.2. The van der Waals surface area contributed by atoms with Crippen molar-refractivity contribution < 1.29 is 14.5 Å². The molecule has 26 heavy (non-hydrogen) atoms. The third-order valence-electron chi connectivity index (χ3n) is 4.89. The van der Waals surface area contributed by atoms with E-state index in [-0.39, 0.29) is 30.0 Å². The van der Waals surface area contributed by atoms with Crippen molar-refractivity contribution in [2.45, 2.75) is 76.7 Å². The molecule has 0 radical (unpaired) electrons. The summed E-state index contributed by atoms with van der Waals surface area (Å²) < 4.78 is 5.39. The fourth-order valence-electron chi connectivity index (χ4n) is 3.45. The molecule has 2 rings (SSSR count). The average molecular weight is 362 g/mol. The molecule has 0 atom stereocenters. The topological polar surface area (TPSA) is 81.5 Å². The van der Waals surface area contributed by atoms with Crippen LogP contribution in [0.25, 0.3) is 0 Å². The first-order chi connectivity index (χ1) is 12.7. The van der Waals surface area contributed by atoms with E-state index in [1.54, 1.807) is 12.1 Å². The second-order valence-corrected chi connectivity index (χ2v) is 7.04. The second-order valence-electron chi connectivity index (χ2n) is 7.04. The van der Waals surface area contributed by atoms with Crippen LogP contribution >= 0.6 is 0 Å². The number of amides is 1. The van der Waals surface area contributed by atoms with Gasteiger partial charge in [0.1, 0.15) is 0 Å². The van der Waals surface area contributed by atoms with Crippen molar-refractivity contribution >= 4 is 11.6 Å². The first-order valence-electron chi connectivity index (χ1n) is 9.82. The highest BCUT2D eigenvalue weighted by molar-refractivity contribution is 5.78. The molecule has 0 saturated heterocycles. The van der Waals surface area contributed by atoms with Gasteiger partial charge in [-0.25, -0.2) is 0 Å². The molecular weight excluding hydrogens is 332 g/mol. The number of nitrogens with zero attached hydrogens (tertiary/aromatic N) is 1. The monoisotopic (exact) mass is 362 g/mol. The lowest BCUT2D eigenvalue weighted by Crippen LogP contribution is -2.38. The summed E-state index contributed by atoms with van der Waals surface area (Å²) in [6, 6.07) is 6.31. The Hall–Kier alpha value is -2.11. The molecule has 1 saturated carbocycles. The molecule has 0 unspecified atom stereocenters. The van der Waals surface area contributed by atoms with E-state index in [4.69, 9.17) is 4.74 Å². The lowest BCUT2D eigenvalue weighted by Gasteiger charge is -2.19. The van der Waals surface area contributed by atoms with Crippen molar-refractivity contribution in [3.63, 3.8) is 0 Å². The SMILES string of the molecule is O=C(COc1ccccc1[N+](=O)[O-])NC1CCCCCCCCCCC1. The molecule has 1 N–H and O–H groups in total. The van der Waals surface area contributed by atoms with Crippen LogP contribution in [0.15, 0.2) is 24.3 Å². The van der Waals surface area contributed by atoms with E-state index in [0.29, 0.717) is 0 Å². The van der Waals surface area contributed by atoms with Gasteiger partial charge in [-0.1, -0.05) is 69.9 Å². The van der Waals surface area contributed by atoms with Gasteiger partial charge in [-0.3, -0.25) is 14.9 Å². The number of hydrogen-bond acceptors (Lipinski definition) is 4. The predicted molar refractivity (Wildman–Crippen MR) is 101 cm³/mol. The lowest BCUT2D eigenvalue weighted by molar-refractivity contribution is -0.385. The molecule has 0 aliphatic heterocycles. The van der Waals surface area contributed by atoms with Crippen LogP contribution in [0, 0.1) is 10.1 Å². The highest BCUT2D eigenvalue weighted by Gasteiger charge is 2.17. The summed E-state index contributed by atoms with van der Waals surface area (Å²) in [5.74, 6) is -0.0772. The van der Waals surface area contributed by atoms with Gasteiger partial charge in [0.2, 0.25) is 0 Å². The van der Waals surface area contributed by atoms with E-state index in [1.165, 1.54) is 57.1 Å². The van der Waals surface area contributed by atoms with Crippen molar-refractivity contribution in [2.75, 3.05) is 6.61 Å². The Labute approximate surface area is 155 Å². The van der Waals surface area contributed by atoms with Crippen LogP contribution in [0.1, 0.15) is 70.6 Å². The molecule has 6 heteroatoms. The van der Waals surface area contributed by atoms with Gasteiger partial charge >= 0.3 is 5.69 Å². The van der Waals surface area contributed by atoms with E-state index in [2.05, 4.69) is 5.32 Å². The number of nitro groups is 1. The molecule has 1 aliphatic rings. The number of nitrogens with one attached hydrogen (secondary N) is 1. The summed E-state index contributed by atoms with van der Waals surface area (Å²) in [5.41, 5.74) is -0.119. The fourth-order valence-corrected chi connectivity index (χ4v) is 3.45. The number of para-hydroxylation sites is 2. The van der Waals surface area contributed by atoms with Crippen LogP contribution in [0.3, 0.4) is 0 Å². The van der Waals surface area contributed by atoms with Gasteiger partial charge < -0.3 is 10.1 Å². The maximum absolute atomic E-state index is 12.2. The third-order valence-corrected chi connectivity index (χ3v) is 4.89. The number of benzene rings is 1. The molecule has 6 nitrogen and oxygen atoms in total. The molecule has 1 fully saturated rings. The summed E-state index contributed by atoms with van der Waals surface area (Å²) in [5, 5.41) is 14.0. The van der Waals surface area contributed by atoms with Crippen LogP contribution in [0.5, 0.6) is 5.75 Å². The average Bonchev–Trinajstić information content (AvgIpc) is 2.62. The van der Waals surface area contributed by atoms with Crippen LogP contribution < -0.4 is 10.1 Å². The fraction of sp³-hybridized carbons (Fsp3) is 0.650. The molecule has 1 aliphatic carbocycles. The third kappa shape index (κ3) is 7.42. The van der Waals surface area contributed by atoms with E-state index in [9.17, 15) is 14.9 Å². The van der Waals surface area contributed by atoms with Gasteiger partial charge in [-0.2, -0.15) is 0 Å². The quantitative estimate of drug-likeness (QED) is 0.604. The summed E-state index contributed by atoms with van der Waals surface area (Å²) in [4.78, 5) is 22.7. The number of carbonyl (C=O) groups excluding carboxylic acids is 1. The highest BCUT2D eigenvalue weighted by Crippen LogP contribution is 2.25. The van der Waals surface area contributed by atoms with E-state index >= 15 is 0 Å². The number of carbonyl (C=O) groups is 1. The Balaban J connectivity index is 1.81. The molecule has 0 spiro atoms. The molecule has 1 aromatic rings. The minimum atomic E-state index is -0.500. The van der Waals surface area contributed by atoms with Gasteiger partial charge in [0.25, 0.3) is 5.91 Å². The number of hydrogen-bond donors (Lipinski definition) is 1. The molecule has 144 valence electrons. The summed E-state index contributed by atoms with van der Waals surface area (Å²) in [6.07, 6.45) is 13.3. The Morgan fingerprint density at radius 2 is 1.54 bits per heavy atom. The smallest absolute Gasteiger partial charge is 0.310 e. The Morgan fingerprint density at radius 3 is 2.12 bits per heavy atom. The highest BCUT2D eigenvalue weighted by atomic mass is 16.6. The first-order valence-corrected chi connectivity index (χ1v) is 9.82. The van der Waals surface area contributed by atoms with Crippen molar-refractivity contribution in [1.82, 2.24) is 5.32 Å². The lowest BCUT2D eigenvalue weighted by atomic mass is 9.98. The zero-order chi connectivity index (χ0) is 18.6. The van der Waals surface area contributed by atoms with Crippen LogP contribution in [-0.4, -0.2) is 23.5 Å². The van der Waals surface area contributed by atoms with Crippen molar-refractivity contribution in [2.24, 2.45) is 0 Å². The molecular formula is C20H30N2O4. The minimum absolute atomic E-state index is 0.119. The predicted octanol–water partition coefficient (Wildman–Crippen LogP) is 4.76. The van der Waals surface area contributed by atoms with Crippen molar-refractivity contribution in [3.8, 4) is 5.75 Å². The van der Waals surface area contributed by atoms with Gasteiger partial charge in [0.15, 0.2) is 12.4 Å². The number of rotatable bonds is 5. The van der Waals surface area contributed by atoms with Crippen molar-refractivity contribution in [1.29, 1.82) is 0 Å². The largest absolute Gasteiger partial charge is 0.477 e. The molecule has 1 amide bonds. The molecule has 1 aromatic carbocycles. The van der Waals surface area contributed by atoms with Gasteiger partial charge in [0.05, 0.1) is 4.92 Å². The summed E-state index contributed by atoms with van der Waals surface area (Å²) in [7, 11) is 0. The molecule has 0 bridgehead atoms. The zero-order valence-electron chi connectivity index (χ0n) is 15.5. The van der Waals surface area contributed by atoms with Crippen LogP contribution in [0.2, 0.25) is 0 Å². The van der Waals surface area contributed by atoms with Gasteiger partial charge in [0, 0.05) is 12.1 Å². The number of nitro benzene ring substituents is 1. The standard InChI is InChI=1S/C20H30N2O4/c23-20(16-26-19-15-11-10-14-18(19)22(24)25)21-17-12-8-6-4-2-1-3-5-7-9-13-17/h10-11,14-15,17H,1-9,12-13,16H2,(H,21,23). The molecule has 0 aromatic heterocycles. The minimum Gasteiger partial charge on any atom is -0.477 e. The Kier molecular flexibility index (Phi) is 8.93. The van der Waals surface area contributed by atoms with Gasteiger partial charge in [-0.15, -0.1) is 0 Å². The molecule has 0 heterocycles. The van der Waals surface area contributed by atoms with Crippen molar-refractivity contribution in [3.05, 3.63) is 34.4 Å². The summed E-state index contributed by atoms with van der Waals surface area (Å²) >= 11 is 0. The van der Waals surface area contributed by atoms with E-state index in [0.717, 1.165) is 25.7 Å². The maximum Gasteiger partial charge on any atom is 0.310 e. The normalized spacial score (nSPS) is 17.5. The van der Waals surface area contributed by atoms with Crippen LogP contribution in [0.4, 0.5) is 5.69 Å². The Morgan fingerprint density at radius 1 is 1.00 bits per heavy atom. The van der Waals surface area contributed by atoms with Gasteiger partial charge in [-0.05, 0) is 18.9 Å². The summed E-state index contributed by atoms with van der Waals surface area (Å²) in [6.45, 7) is -0.193.